The summed E-state index contributed by atoms with van der Waals surface area (Å²) in [6, 6.07) is 3.50. The first-order valence-electron chi connectivity index (χ1n) is 10.0. The fraction of sp³-hybridized carbons (Fsp3) is 0.524. The second-order valence-corrected chi connectivity index (χ2v) is 10.5. The van der Waals surface area contributed by atoms with Crippen LogP contribution in [0.2, 0.25) is 0 Å². The highest BCUT2D eigenvalue weighted by atomic mass is 79.9. The number of halogens is 1. The minimum atomic E-state index is -3.94. The lowest BCUT2D eigenvalue weighted by Gasteiger charge is -2.40. The molecule has 0 aromatic heterocycles. The van der Waals surface area contributed by atoms with E-state index in [1.165, 1.54) is 23.4 Å². The molecule has 2 heterocycles. The summed E-state index contributed by atoms with van der Waals surface area (Å²) in [4.78, 5) is 26.3. The van der Waals surface area contributed by atoms with Gasteiger partial charge < -0.3 is 10.2 Å². The molecule has 3 rings (SSSR count). The lowest BCUT2D eigenvalue weighted by atomic mass is 9.89. The Morgan fingerprint density at radius 2 is 2.10 bits per heavy atom. The quantitative estimate of drug-likeness (QED) is 0.636. The van der Waals surface area contributed by atoms with Crippen molar-refractivity contribution in [1.82, 2.24) is 9.21 Å². The summed E-state index contributed by atoms with van der Waals surface area (Å²) in [5.74, 6) is 2.08. The van der Waals surface area contributed by atoms with E-state index in [0.29, 0.717) is 23.1 Å². The highest BCUT2D eigenvalue weighted by Crippen LogP contribution is 2.39. The number of amides is 2. The molecule has 2 amide bonds. The van der Waals surface area contributed by atoms with Gasteiger partial charge in [-0.15, -0.1) is 6.42 Å². The second kappa shape index (κ2) is 9.08. The Kier molecular flexibility index (Phi) is 6.90. The van der Waals surface area contributed by atoms with Crippen LogP contribution in [-0.2, 0) is 19.6 Å². The lowest BCUT2D eigenvalue weighted by Crippen LogP contribution is -2.54. The van der Waals surface area contributed by atoms with Gasteiger partial charge in [-0.05, 0) is 59.3 Å². The van der Waals surface area contributed by atoms with Gasteiger partial charge in [0.2, 0.25) is 21.8 Å². The first-order valence-corrected chi connectivity index (χ1v) is 12.3. The first kappa shape index (κ1) is 22.8. The average Bonchev–Trinajstić information content (AvgIpc) is 2.77. The molecular weight excluding hydrogens is 470 g/mol. The van der Waals surface area contributed by atoms with Crippen molar-refractivity contribution in [2.75, 3.05) is 18.4 Å². The van der Waals surface area contributed by atoms with Crippen LogP contribution in [0.25, 0.3) is 0 Å². The number of carbonyl (C=O) groups excluding carboxylic acids is 2. The number of benzene rings is 1. The minimum absolute atomic E-state index is 0.0180. The van der Waals surface area contributed by atoms with Gasteiger partial charge in [0.05, 0.1) is 17.1 Å². The van der Waals surface area contributed by atoms with Crippen molar-refractivity contribution in [3.8, 4) is 12.3 Å². The second-order valence-electron chi connectivity index (χ2n) is 7.76. The normalized spacial score (nSPS) is 24.8. The van der Waals surface area contributed by atoms with E-state index < -0.39 is 16.1 Å². The van der Waals surface area contributed by atoms with Crippen molar-refractivity contribution in [2.24, 2.45) is 5.92 Å². The Hall–Kier alpha value is -1.89. The summed E-state index contributed by atoms with van der Waals surface area (Å²) in [6.45, 7) is 4.05. The number of hydrogen-bond donors (Lipinski definition) is 1. The third kappa shape index (κ3) is 4.27. The largest absolute Gasteiger partial charge is 0.330 e. The van der Waals surface area contributed by atoms with Gasteiger partial charge in [0.1, 0.15) is 6.04 Å². The molecular formula is C21H26BrN3O4S. The van der Waals surface area contributed by atoms with E-state index in [4.69, 9.17) is 6.42 Å². The maximum absolute atomic E-state index is 13.7. The van der Waals surface area contributed by atoms with E-state index in [2.05, 4.69) is 27.2 Å². The molecule has 1 N–H and O–H groups in total. The standard InChI is InChI=1S/C21H26BrN3O4S/c1-4-11-24-13-15(5-2)19-7-6-8-20(21(24)27)25(19)30(28,29)16-9-10-18(17(22)12-16)23-14(3)26/h1,9-10,12,15,19-20H,5-8,11,13H2,2-3H3,(H,23,26)/t15-,19?,20?/m0/s1. The van der Waals surface area contributed by atoms with Crippen LogP contribution in [0.1, 0.15) is 39.5 Å². The SMILES string of the molecule is C#CCN1C[C@H](CC)C2CCCC(C1=O)N2S(=O)(=O)c1ccc(NC(C)=O)c(Br)c1. The van der Waals surface area contributed by atoms with Crippen LogP contribution in [-0.4, -0.2) is 54.6 Å². The fourth-order valence-electron chi connectivity index (χ4n) is 4.46. The van der Waals surface area contributed by atoms with Crippen molar-refractivity contribution in [2.45, 2.75) is 56.5 Å². The monoisotopic (exact) mass is 495 g/mol. The number of terminal acetylenes is 1. The topological polar surface area (TPSA) is 86.8 Å². The van der Waals surface area contributed by atoms with E-state index in [1.807, 2.05) is 6.92 Å². The van der Waals surface area contributed by atoms with Crippen molar-refractivity contribution >= 4 is 43.5 Å². The third-order valence-electron chi connectivity index (χ3n) is 5.84. The van der Waals surface area contributed by atoms with Gasteiger partial charge in [-0.3, -0.25) is 9.59 Å². The Balaban J connectivity index is 2.05. The van der Waals surface area contributed by atoms with Crippen LogP contribution in [0.3, 0.4) is 0 Å². The maximum Gasteiger partial charge on any atom is 0.244 e. The molecule has 0 saturated carbocycles. The Morgan fingerprint density at radius 1 is 1.37 bits per heavy atom. The van der Waals surface area contributed by atoms with Gasteiger partial charge in [0.25, 0.3) is 0 Å². The van der Waals surface area contributed by atoms with Gasteiger partial charge in [0, 0.05) is 24.0 Å². The fourth-order valence-corrected chi connectivity index (χ4v) is 7.00. The van der Waals surface area contributed by atoms with Crippen molar-refractivity contribution < 1.29 is 18.0 Å². The number of anilines is 1. The number of hydrogen-bond acceptors (Lipinski definition) is 4. The minimum Gasteiger partial charge on any atom is -0.330 e. The zero-order valence-corrected chi connectivity index (χ0v) is 19.5. The predicted molar refractivity (Wildman–Crippen MR) is 118 cm³/mol. The van der Waals surface area contributed by atoms with E-state index in [1.54, 1.807) is 11.0 Å². The van der Waals surface area contributed by atoms with Crippen LogP contribution >= 0.6 is 15.9 Å². The molecule has 2 aliphatic heterocycles. The molecule has 2 unspecified atom stereocenters. The average molecular weight is 496 g/mol. The van der Waals surface area contributed by atoms with E-state index in [0.717, 1.165) is 19.3 Å². The van der Waals surface area contributed by atoms with E-state index >= 15 is 0 Å². The van der Waals surface area contributed by atoms with Crippen molar-refractivity contribution in [1.29, 1.82) is 0 Å². The van der Waals surface area contributed by atoms with Crippen LogP contribution in [0.5, 0.6) is 0 Å². The van der Waals surface area contributed by atoms with Crippen LogP contribution < -0.4 is 5.32 Å². The summed E-state index contributed by atoms with van der Waals surface area (Å²) in [5, 5.41) is 2.65. The molecule has 2 fully saturated rings. The number of piperidine rings is 1. The molecule has 0 aliphatic carbocycles. The van der Waals surface area contributed by atoms with Crippen molar-refractivity contribution in [3.05, 3.63) is 22.7 Å². The number of fused-ring (bicyclic) bond motifs is 2. The summed E-state index contributed by atoms with van der Waals surface area (Å²) >= 11 is 3.34. The summed E-state index contributed by atoms with van der Waals surface area (Å²) in [6.07, 6.45) is 8.22. The molecule has 9 heteroatoms. The first-order chi connectivity index (χ1) is 14.2. The Bertz CT molecular complexity index is 988. The molecule has 7 nitrogen and oxygen atoms in total. The van der Waals surface area contributed by atoms with E-state index in [-0.39, 0.29) is 35.2 Å². The zero-order valence-electron chi connectivity index (χ0n) is 17.1. The zero-order chi connectivity index (χ0) is 22.1. The number of nitrogens with one attached hydrogen (secondary N) is 1. The Morgan fingerprint density at radius 3 is 2.70 bits per heavy atom. The lowest BCUT2D eigenvalue weighted by molar-refractivity contribution is -0.134. The van der Waals surface area contributed by atoms with Crippen molar-refractivity contribution in [3.63, 3.8) is 0 Å². The summed E-state index contributed by atoms with van der Waals surface area (Å²) in [7, 11) is -3.94. The van der Waals surface area contributed by atoms with Crippen LogP contribution in [0, 0.1) is 18.3 Å². The van der Waals surface area contributed by atoms with E-state index in [9.17, 15) is 18.0 Å². The molecule has 162 valence electrons. The van der Waals surface area contributed by atoms with Crippen LogP contribution in [0.4, 0.5) is 5.69 Å². The molecule has 3 atom stereocenters. The van der Waals surface area contributed by atoms with Crippen LogP contribution in [0.15, 0.2) is 27.6 Å². The third-order valence-corrected chi connectivity index (χ3v) is 8.43. The maximum atomic E-state index is 13.7. The van der Waals surface area contributed by atoms with Gasteiger partial charge in [-0.25, -0.2) is 8.42 Å². The molecule has 1 aromatic rings. The molecule has 2 saturated heterocycles. The predicted octanol–water partition coefficient (Wildman–Crippen LogP) is 2.82. The number of nitrogens with zero attached hydrogens (tertiary/aromatic N) is 2. The molecule has 30 heavy (non-hydrogen) atoms. The molecule has 1 aromatic carbocycles. The highest BCUT2D eigenvalue weighted by molar-refractivity contribution is 9.10. The van der Waals surface area contributed by atoms with Gasteiger partial charge >= 0.3 is 0 Å². The van der Waals surface area contributed by atoms with Gasteiger partial charge in [-0.1, -0.05) is 19.3 Å². The summed E-state index contributed by atoms with van der Waals surface area (Å²) < 4.78 is 29.3. The Labute approximate surface area is 186 Å². The molecule has 2 bridgehead atoms. The summed E-state index contributed by atoms with van der Waals surface area (Å²) in [5.41, 5.74) is 0.486. The highest BCUT2D eigenvalue weighted by Gasteiger charge is 2.49. The van der Waals surface area contributed by atoms with Gasteiger partial charge in [0.15, 0.2) is 0 Å². The van der Waals surface area contributed by atoms with Gasteiger partial charge in [-0.2, -0.15) is 4.31 Å². The molecule has 2 aliphatic rings. The number of carbonyl (C=O) groups is 2. The molecule has 0 radical (unpaired) electrons. The molecule has 0 spiro atoms. The number of rotatable bonds is 5. The smallest absolute Gasteiger partial charge is 0.244 e. The number of sulfonamides is 1.